The lowest BCUT2D eigenvalue weighted by molar-refractivity contribution is 0.177. The third kappa shape index (κ3) is 9.17. The van der Waals surface area contributed by atoms with Gasteiger partial charge in [-0.15, -0.1) is 0 Å². The van der Waals surface area contributed by atoms with Crippen molar-refractivity contribution >= 4 is 0 Å². The molecule has 2 aliphatic rings. The molecule has 2 rings (SSSR count). The average Bonchev–Trinajstić information content (AvgIpc) is 2.96. The molecule has 2 heterocycles. The van der Waals surface area contributed by atoms with Gasteiger partial charge in [0.1, 0.15) is 0 Å². The molecule has 0 aromatic heterocycles. The molecule has 0 N–H and O–H groups in total. The minimum atomic E-state index is 0.817. The molecule has 0 saturated carbocycles. The summed E-state index contributed by atoms with van der Waals surface area (Å²) in [5.74, 6) is 1.66. The van der Waals surface area contributed by atoms with Crippen molar-refractivity contribution < 1.29 is 9.47 Å². The van der Waals surface area contributed by atoms with Gasteiger partial charge >= 0.3 is 0 Å². The van der Waals surface area contributed by atoms with Gasteiger partial charge in [0.15, 0.2) is 0 Å². The molecule has 16 heavy (non-hydrogen) atoms. The maximum absolute atomic E-state index is 5.22. The highest BCUT2D eigenvalue weighted by Crippen LogP contribution is 2.20. The van der Waals surface area contributed by atoms with Gasteiger partial charge in [-0.25, -0.2) is 0 Å². The van der Waals surface area contributed by atoms with Crippen molar-refractivity contribution in [3.05, 3.63) is 0 Å². The Bertz CT molecular complexity index is 117. The molecule has 0 amide bonds. The van der Waals surface area contributed by atoms with E-state index in [0.717, 1.165) is 38.3 Å². The Hall–Kier alpha value is -0.0800. The maximum atomic E-state index is 5.22. The molecule has 0 spiro atoms. The maximum Gasteiger partial charge on any atom is 0.0497 e. The van der Waals surface area contributed by atoms with Crippen molar-refractivity contribution in [3.63, 3.8) is 0 Å². The highest BCUT2D eigenvalue weighted by molar-refractivity contribution is 4.66. The summed E-state index contributed by atoms with van der Waals surface area (Å²) in [6.07, 6.45) is 5.08. The number of rotatable bonds is 1. The largest absolute Gasteiger partial charge is 0.381 e. The van der Waals surface area contributed by atoms with Crippen LogP contribution >= 0.6 is 0 Å². The van der Waals surface area contributed by atoms with E-state index in [1.165, 1.54) is 25.7 Å². The highest BCUT2D eigenvalue weighted by Gasteiger charge is 2.18. The van der Waals surface area contributed by atoms with Gasteiger partial charge in [-0.3, -0.25) is 0 Å². The Balaban J connectivity index is 0.000000241. The summed E-state index contributed by atoms with van der Waals surface area (Å²) in [7, 11) is 0. The molecule has 2 nitrogen and oxygen atoms in total. The lowest BCUT2D eigenvalue weighted by atomic mass is 9.96. The number of hydrogen-bond acceptors (Lipinski definition) is 2. The van der Waals surface area contributed by atoms with Gasteiger partial charge in [0, 0.05) is 26.4 Å². The van der Waals surface area contributed by atoms with Crippen LogP contribution in [-0.4, -0.2) is 26.4 Å². The van der Waals surface area contributed by atoms with E-state index in [2.05, 4.69) is 27.7 Å². The zero-order valence-electron chi connectivity index (χ0n) is 11.6. The van der Waals surface area contributed by atoms with Crippen molar-refractivity contribution in [3.8, 4) is 0 Å². The summed E-state index contributed by atoms with van der Waals surface area (Å²) in [6, 6.07) is 0. The minimum Gasteiger partial charge on any atom is -0.381 e. The van der Waals surface area contributed by atoms with Crippen molar-refractivity contribution in [2.45, 2.75) is 53.4 Å². The van der Waals surface area contributed by atoms with Crippen LogP contribution in [0.15, 0.2) is 0 Å². The molecule has 2 saturated heterocycles. The van der Waals surface area contributed by atoms with Crippen LogP contribution in [0.1, 0.15) is 53.4 Å². The first-order valence-corrected chi connectivity index (χ1v) is 6.87. The van der Waals surface area contributed by atoms with Crippen LogP contribution in [0.5, 0.6) is 0 Å². The van der Waals surface area contributed by atoms with E-state index in [4.69, 9.17) is 9.47 Å². The summed E-state index contributed by atoms with van der Waals surface area (Å²) in [4.78, 5) is 0. The Kier molecular flexibility index (Phi) is 11.3. The van der Waals surface area contributed by atoms with Gasteiger partial charge in [0.05, 0.1) is 0 Å². The Labute approximate surface area is 102 Å². The Morgan fingerprint density at radius 3 is 1.75 bits per heavy atom. The summed E-state index contributed by atoms with van der Waals surface area (Å²) < 4.78 is 10.2. The highest BCUT2D eigenvalue weighted by atomic mass is 16.5. The quantitative estimate of drug-likeness (QED) is 0.680. The van der Waals surface area contributed by atoms with Crippen molar-refractivity contribution in [2.24, 2.45) is 11.8 Å². The molecule has 1 unspecified atom stereocenters. The SMILES string of the molecule is C1CCOC1.CC(C)C1CCOC1.CCC. The zero-order chi connectivity index (χ0) is 12.2. The molecule has 2 aliphatic heterocycles. The van der Waals surface area contributed by atoms with Gasteiger partial charge in [0.2, 0.25) is 0 Å². The second-order valence-electron chi connectivity index (χ2n) is 4.89. The third-order valence-electron chi connectivity index (χ3n) is 2.74. The normalized spacial score (nSPS) is 23.4. The molecule has 98 valence electrons. The molecular formula is C14H30O2. The van der Waals surface area contributed by atoms with Gasteiger partial charge < -0.3 is 9.47 Å². The fraction of sp³-hybridized carbons (Fsp3) is 1.00. The fourth-order valence-corrected chi connectivity index (χ4v) is 1.59. The van der Waals surface area contributed by atoms with Crippen LogP contribution in [0.3, 0.4) is 0 Å². The lowest BCUT2D eigenvalue weighted by Crippen LogP contribution is -2.06. The van der Waals surface area contributed by atoms with E-state index < -0.39 is 0 Å². The standard InChI is InChI=1S/C7H14O.C4H8O.C3H8/c1-6(2)7-3-4-8-5-7;1-2-4-5-3-1;1-3-2/h6-7H,3-5H2,1-2H3;1-4H2;3H2,1-2H3. The van der Waals surface area contributed by atoms with Crippen molar-refractivity contribution in [2.75, 3.05) is 26.4 Å². The Morgan fingerprint density at radius 2 is 1.56 bits per heavy atom. The van der Waals surface area contributed by atoms with Crippen LogP contribution in [0.4, 0.5) is 0 Å². The van der Waals surface area contributed by atoms with Crippen LogP contribution in [0.25, 0.3) is 0 Å². The minimum absolute atomic E-state index is 0.817. The van der Waals surface area contributed by atoms with E-state index in [1.54, 1.807) is 0 Å². The second kappa shape index (κ2) is 11.4. The van der Waals surface area contributed by atoms with E-state index in [9.17, 15) is 0 Å². The van der Waals surface area contributed by atoms with E-state index in [1.807, 2.05) is 0 Å². The molecule has 0 aromatic rings. The summed E-state index contributed by atoms with van der Waals surface area (Å²) in [5, 5.41) is 0. The molecule has 2 fully saturated rings. The van der Waals surface area contributed by atoms with Crippen LogP contribution < -0.4 is 0 Å². The molecule has 0 aromatic carbocycles. The lowest BCUT2D eigenvalue weighted by Gasteiger charge is -2.09. The first kappa shape index (κ1) is 15.9. The van der Waals surface area contributed by atoms with Crippen LogP contribution in [0.2, 0.25) is 0 Å². The van der Waals surface area contributed by atoms with Gasteiger partial charge in [-0.2, -0.15) is 0 Å². The smallest absolute Gasteiger partial charge is 0.0497 e. The van der Waals surface area contributed by atoms with Gasteiger partial charge in [-0.05, 0) is 31.1 Å². The summed E-state index contributed by atoms with van der Waals surface area (Å²) in [5.41, 5.74) is 0. The van der Waals surface area contributed by atoms with Crippen molar-refractivity contribution in [1.82, 2.24) is 0 Å². The summed E-state index contributed by atoms with van der Waals surface area (Å²) >= 11 is 0. The van der Waals surface area contributed by atoms with Gasteiger partial charge in [-0.1, -0.05) is 34.1 Å². The molecule has 1 atom stereocenters. The molecular weight excluding hydrogens is 200 g/mol. The second-order valence-corrected chi connectivity index (χ2v) is 4.89. The molecule has 0 radical (unpaired) electrons. The van der Waals surface area contributed by atoms with Crippen LogP contribution in [-0.2, 0) is 9.47 Å². The number of hydrogen-bond donors (Lipinski definition) is 0. The first-order valence-electron chi connectivity index (χ1n) is 6.87. The van der Waals surface area contributed by atoms with E-state index in [0.29, 0.717) is 0 Å². The monoisotopic (exact) mass is 230 g/mol. The number of ether oxygens (including phenoxy) is 2. The summed E-state index contributed by atoms with van der Waals surface area (Å²) in [6.45, 7) is 12.8. The van der Waals surface area contributed by atoms with E-state index in [-0.39, 0.29) is 0 Å². The third-order valence-corrected chi connectivity index (χ3v) is 2.74. The van der Waals surface area contributed by atoms with E-state index >= 15 is 0 Å². The zero-order valence-corrected chi connectivity index (χ0v) is 11.6. The van der Waals surface area contributed by atoms with Crippen LogP contribution in [0, 0.1) is 11.8 Å². The molecule has 2 heteroatoms. The van der Waals surface area contributed by atoms with Gasteiger partial charge in [0.25, 0.3) is 0 Å². The fourth-order valence-electron chi connectivity index (χ4n) is 1.59. The molecule has 0 aliphatic carbocycles. The molecule has 0 bridgehead atoms. The Morgan fingerprint density at radius 1 is 1.00 bits per heavy atom. The predicted molar refractivity (Wildman–Crippen MR) is 69.8 cm³/mol. The first-order chi connectivity index (χ1) is 7.72. The predicted octanol–water partition coefficient (Wildman–Crippen LogP) is 3.89. The van der Waals surface area contributed by atoms with Crippen molar-refractivity contribution in [1.29, 1.82) is 0 Å². The topological polar surface area (TPSA) is 18.5 Å². The average molecular weight is 230 g/mol.